The Morgan fingerprint density at radius 3 is 2.09 bits per heavy atom. The van der Waals surface area contributed by atoms with E-state index < -0.39 is 22.0 Å². The first kappa shape index (κ1) is 19.0. The number of rotatable bonds is 3. The lowest BCUT2D eigenvalue weighted by Crippen LogP contribution is -2.27. The molecular formula is C25H15N3O5. The lowest BCUT2D eigenvalue weighted by molar-refractivity contribution is 0.631. The second-order valence-corrected chi connectivity index (χ2v) is 7.83. The average molecular weight is 437 g/mol. The van der Waals surface area contributed by atoms with Crippen LogP contribution in [0.1, 0.15) is 5.56 Å². The van der Waals surface area contributed by atoms with Gasteiger partial charge in [-0.25, -0.2) is 0 Å². The summed E-state index contributed by atoms with van der Waals surface area (Å²) >= 11 is 0. The molecule has 0 bridgehead atoms. The molecule has 0 fully saturated rings. The van der Waals surface area contributed by atoms with Crippen LogP contribution in [0.4, 0.5) is 0 Å². The maximum absolute atomic E-state index is 13.0. The minimum Gasteiger partial charge on any atom is -0.456 e. The summed E-state index contributed by atoms with van der Waals surface area (Å²) in [7, 11) is 0. The highest BCUT2D eigenvalue weighted by atomic mass is 16.3. The average Bonchev–Trinajstić information content (AvgIpc) is 3.38. The number of H-pyrrole nitrogens is 2. The molecule has 0 aliphatic heterocycles. The fourth-order valence-electron chi connectivity index (χ4n) is 4.27. The van der Waals surface area contributed by atoms with E-state index >= 15 is 0 Å². The van der Waals surface area contributed by atoms with Crippen molar-refractivity contribution in [3.8, 4) is 11.3 Å². The summed E-state index contributed by atoms with van der Waals surface area (Å²) in [4.78, 5) is 57.1. The zero-order valence-corrected chi connectivity index (χ0v) is 17.0. The molecule has 6 rings (SSSR count). The number of nitrogens with one attached hydrogen (secondary N) is 2. The number of para-hydroxylation sites is 1. The highest BCUT2D eigenvalue weighted by molar-refractivity contribution is 5.94. The van der Waals surface area contributed by atoms with Crippen LogP contribution >= 0.6 is 0 Å². The molecule has 160 valence electrons. The van der Waals surface area contributed by atoms with Gasteiger partial charge < -0.3 is 14.4 Å². The lowest BCUT2D eigenvalue weighted by atomic mass is 10.1. The van der Waals surface area contributed by atoms with Gasteiger partial charge in [-0.05, 0) is 23.8 Å². The molecule has 0 saturated carbocycles. The first-order valence-electron chi connectivity index (χ1n) is 10.2. The van der Waals surface area contributed by atoms with Gasteiger partial charge in [-0.15, -0.1) is 0 Å². The first-order valence-corrected chi connectivity index (χ1v) is 10.2. The van der Waals surface area contributed by atoms with Crippen LogP contribution in [0.25, 0.3) is 44.1 Å². The van der Waals surface area contributed by atoms with E-state index in [2.05, 4.69) is 9.97 Å². The number of hydrogen-bond donors (Lipinski definition) is 2. The highest BCUT2D eigenvalue weighted by Crippen LogP contribution is 2.28. The molecular weight excluding hydrogens is 422 g/mol. The standard InChI is InChI=1S/C25H15N3O5/c29-22-18-19(23(30)21-20(22)26-8-9-27-21)25(32)28(24(18)31)12-13-4-3-6-14(10-13)17-11-15-5-1-2-7-16(15)33-17/h1-11,26-27H,12H2. The van der Waals surface area contributed by atoms with Crippen LogP contribution in [0.5, 0.6) is 0 Å². The first-order chi connectivity index (χ1) is 16.0. The van der Waals surface area contributed by atoms with E-state index in [0.717, 1.165) is 21.1 Å². The Kier molecular flexibility index (Phi) is 3.97. The quantitative estimate of drug-likeness (QED) is 0.441. The zero-order valence-electron chi connectivity index (χ0n) is 17.0. The van der Waals surface area contributed by atoms with E-state index in [0.29, 0.717) is 11.3 Å². The van der Waals surface area contributed by atoms with Crippen molar-refractivity contribution >= 4 is 32.8 Å². The molecule has 0 unspecified atom stereocenters. The van der Waals surface area contributed by atoms with E-state index in [1.807, 2.05) is 42.5 Å². The molecule has 0 atom stereocenters. The molecule has 8 nitrogen and oxygen atoms in total. The topological polar surface area (TPSA) is 118 Å². The summed E-state index contributed by atoms with van der Waals surface area (Å²) in [5.74, 6) is 0.654. The lowest BCUT2D eigenvalue weighted by Gasteiger charge is -2.04. The molecule has 8 heteroatoms. The molecule has 6 aromatic rings. The molecule has 0 radical (unpaired) electrons. The minimum atomic E-state index is -0.773. The summed E-state index contributed by atoms with van der Waals surface area (Å²) in [6.07, 6.45) is 2.89. The molecule has 0 aliphatic carbocycles. The molecule has 0 aliphatic rings. The van der Waals surface area contributed by atoms with Gasteiger partial charge in [0.2, 0.25) is 10.9 Å². The van der Waals surface area contributed by atoms with Crippen molar-refractivity contribution in [1.82, 2.24) is 14.5 Å². The maximum atomic E-state index is 13.0. The number of fused-ring (bicyclic) bond motifs is 3. The third kappa shape index (κ3) is 2.77. The van der Waals surface area contributed by atoms with Gasteiger partial charge in [-0.3, -0.25) is 23.7 Å². The normalized spacial score (nSPS) is 11.6. The molecule has 0 spiro atoms. The fourth-order valence-corrected chi connectivity index (χ4v) is 4.27. The van der Waals surface area contributed by atoms with Crippen molar-refractivity contribution < 1.29 is 4.42 Å². The summed E-state index contributed by atoms with van der Waals surface area (Å²) in [6.45, 7) is -0.0803. The van der Waals surface area contributed by atoms with Crippen LogP contribution in [0.2, 0.25) is 0 Å². The second kappa shape index (κ2) is 6.89. The summed E-state index contributed by atoms with van der Waals surface area (Å²) in [6, 6.07) is 16.8. The Hall–Kier alpha value is -4.72. The van der Waals surface area contributed by atoms with Crippen LogP contribution < -0.4 is 22.0 Å². The molecule has 33 heavy (non-hydrogen) atoms. The van der Waals surface area contributed by atoms with Crippen molar-refractivity contribution in [1.29, 1.82) is 0 Å². The Morgan fingerprint density at radius 2 is 1.42 bits per heavy atom. The van der Waals surface area contributed by atoms with E-state index in [9.17, 15) is 19.2 Å². The van der Waals surface area contributed by atoms with Crippen molar-refractivity contribution in [3.63, 3.8) is 0 Å². The SMILES string of the molecule is O=c1c2[nH]cc[nH]c2c(=O)c2c(=O)n(Cc3cccc(-c4cc5ccccc5o4)c3)c(=O)c12. The van der Waals surface area contributed by atoms with Gasteiger partial charge in [-0.1, -0.05) is 36.4 Å². The Morgan fingerprint density at radius 1 is 0.758 bits per heavy atom. The number of benzene rings is 3. The monoisotopic (exact) mass is 437 g/mol. The third-order valence-corrected chi connectivity index (χ3v) is 5.84. The van der Waals surface area contributed by atoms with Gasteiger partial charge in [0.15, 0.2) is 0 Å². The predicted molar refractivity (Wildman–Crippen MR) is 125 cm³/mol. The van der Waals surface area contributed by atoms with Gasteiger partial charge in [-0.2, -0.15) is 0 Å². The van der Waals surface area contributed by atoms with Gasteiger partial charge in [0.25, 0.3) is 11.1 Å². The van der Waals surface area contributed by atoms with Gasteiger partial charge >= 0.3 is 0 Å². The Labute approximate surface area is 183 Å². The molecule has 0 amide bonds. The number of aromatic nitrogens is 3. The third-order valence-electron chi connectivity index (χ3n) is 5.84. The smallest absolute Gasteiger partial charge is 0.266 e. The molecule has 2 N–H and O–H groups in total. The van der Waals surface area contributed by atoms with Crippen LogP contribution in [0, 0.1) is 0 Å². The maximum Gasteiger partial charge on any atom is 0.266 e. The van der Waals surface area contributed by atoms with Gasteiger partial charge in [0, 0.05) is 23.3 Å². The molecule has 3 aromatic heterocycles. The minimum absolute atomic E-state index is 0.0314. The second-order valence-electron chi connectivity index (χ2n) is 7.83. The van der Waals surface area contributed by atoms with Crippen molar-refractivity contribution in [2.24, 2.45) is 0 Å². The van der Waals surface area contributed by atoms with E-state index in [1.165, 1.54) is 12.4 Å². The van der Waals surface area contributed by atoms with E-state index in [-0.39, 0.29) is 28.4 Å². The van der Waals surface area contributed by atoms with Gasteiger partial charge in [0.05, 0.1) is 6.54 Å². The van der Waals surface area contributed by atoms with Crippen molar-refractivity contribution in [3.05, 3.63) is 114 Å². The summed E-state index contributed by atoms with van der Waals surface area (Å²) in [5, 5.41) is 0.188. The number of aromatic amines is 2. The van der Waals surface area contributed by atoms with Crippen molar-refractivity contribution in [2.75, 3.05) is 0 Å². The largest absolute Gasteiger partial charge is 0.456 e. The fraction of sp³-hybridized carbons (Fsp3) is 0.0400. The molecule has 3 heterocycles. The van der Waals surface area contributed by atoms with E-state index in [1.54, 1.807) is 12.1 Å². The summed E-state index contributed by atoms with van der Waals surface area (Å²) in [5.41, 5.74) is -0.760. The Balaban J connectivity index is 1.50. The van der Waals surface area contributed by atoms with Crippen LogP contribution in [-0.4, -0.2) is 14.5 Å². The van der Waals surface area contributed by atoms with Gasteiger partial charge in [0.1, 0.15) is 33.1 Å². The highest BCUT2D eigenvalue weighted by Gasteiger charge is 2.22. The molecule has 0 saturated heterocycles. The van der Waals surface area contributed by atoms with Crippen LogP contribution in [-0.2, 0) is 6.54 Å². The Bertz CT molecular complexity index is 1830. The summed E-state index contributed by atoms with van der Waals surface area (Å²) < 4.78 is 6.85. The zero-order chi connectivity index (χ0) is 22.7. The van der Waals surface area contributed by atoms with Crippen molar-refractivity contribution in [2.45, 2.75) is 6.54 Å². The van der Waals surface area contributed by atoms with E-state index in [4.69, 9.17) is 4.42 Å². The number of furan rings is 1. The van der Waals surface area contributed by atoms with Crippen LogP contribution in [0.15, 0.2) is 90.6 Å². The number of hydrogen-bond acceptors (Lipinski definition) is 5. The molecule has 3 aromatic carbocycles. The predicted octanol–water partition coefficient (Wildman–Crippen LogP) is 2.79. The number of nitrogens with zero attached hydrogens (tertiary/aromatic N) is 1. The van der Waals surface area contributed by atoms with Crippen LogP contribution in [0.3, 0.4) is 0 Å².